The molecular weight excluding hydrogens is 791 g/mol. The number of ether oxygens (including phenoxy) is 2. The molecule has 1 saturated heterocycles. The summed E-state index contributed by atoms with van der Waals surface area (Å²) in [6.45, 7) is 12.3. The molecule has 6 rings (SSSR count). The molecule has 4 aromatic rings. The Morgan fingerprint density at radius 2 is 1.37 bits per heavy atom. The number of amides is 5. The van der Waals surface area contributed by atoms with Crippen molar-refractivity contribution >= 4 is 41.3 Å². The van der Waals surface area contributed by atoms with E-state index in [0.717, 1.165) is 35.1 Å². The predicted molar refractivity (Wildman–Crippen MR) is 235 cm³/mol. The summed E-state index contributed by atoms with van der Waals surface area (Å²) in [5.74, 6) is -0.525. The molecule has 1 aliphatic carbocycles. The molecule has 0 bridgehead atoms. The normalized spacial score (nSPS) is 17.6. The third kappa shape index (κ3) is 13.1. The van der Waals surface area contributed by atoms with Crippen molar-refractivity contribution in [1.29, 1.82) is 0 Å². The molecule has 2 fully saturated rings. The minimum absolute atomic E-state index is 0.0992. The van der Waals surface area contributed by atoms with Crippen LogP contribution in [0.15, 0.2) is 72.8 Å². The van der Waals surface area contributed by atoms with Crippen molar-refractivity contribution in [1.82, 2.24) is 36.2 Å². The molecular formula is C46H59N9O7. The zero-order valence-corrected chi connectivity index (χ0v) is 36.5. The highest BCUT2D eigenvalue weighted by molar-refractivity contribution is 5.98. The second-order valence-corrected chi connectivity index (χ2v) is 18.1. The van der Waals surface area contributed by atoms with Crippen LogP contribution in [0.25, 0.3) is 22.5 Å². The van der Waals surface area contributed by atoms with Gasteiger partial charge >= 0.3 is 12.2 Å². The lowest BCUT2D eigenvalue weighted by atomic mass is 9.81. The van der Waals surface area contributed by atoms with E-state index in [-0.39, 0.29) is 48.0 Å². The van der Waals surface area contributed by atoms with Crippen LogP contribution in [0.2, 0.25) is 0 Å². The van der Waals surface area contributed by atoms with Crippen LogP contribution in [0.4, 0.5) is 21.0 Å². The number of likely N-dealkylation sites (tertiary alicyclic amines) is 1. The van der Waals surface area contributed by atoms with Crippen LogP contribution in [0.3, 0.4) is 0 Å². The smallest absolute Gasteiger partial charge is 0.410 e. The van der Waals surface area contributed by atoms with Gasteiger partial charge < -0.3 is 35.6 Å². The molecule has 1 aromatic heterocycles. The average molecular weight is 850 g/mol. The molecule has 0 radical (unpaired) electrons. The van der Waals surface area contributed by atoms with Crippen LogP contribution in [0.5, 0.6) is 0 Å². The zero-order valence-electron chi connectivity index (χ0n) is 36.5. The van der Waals surface area contributed by atoms with Crippen molar-refractivity contribution < 1.29 is 33.4 Å². The molecule has 5 amide bonds. The predicted octanol–water partition coefficient (Wildman–Crippen LogP) is 7.12. The van der Waals surface area contributed by atoms with Gasteiger partial charge in [-0.2, -0.15) is 5.21 Å². The summed E-state index contributed by atoms with van der Waals surface area (Å²) >= 11 is 0. The van der Waals surface area contributed by atoms with E-state index in [4.69, 9.17) is 9.47 Å². The molecule has 16 nitrogen and oxygen atoms in total. The Labute approximate surface area is 362 Å². The number of alkyl carbamates (subject to hydrolysis) is 1. The molecule has 2 aliphatic rings. The van der Waals surface area contributed by atoms with E-state index in [1.54, 1.807) is 29.2 Å². The monoisotopic (exact) mass is 849 g/mol. The van der Waals surface area contributed by atoms with Crippen molar-refractivity contribution in [2.45, 2.75) is 104 Å². The number of anilines is 2. The third-order valence-corrected chi connectivity index (χ3v) is 10.9. The van der Waals surface area contributed by atoms with Crippen LogP contribution < -0.4 is 21.3 Å². The first-order chi connectivity index (χ1) is 29.5. The molecule has 0 spiro atoms. The maximum absolute atomic E-state index is 13.9. The van der Waals surface area contributed by atoms with Gasteiger partial charge in [-0.1, -0.05) is 42.5 Å². The molecule has 2 heterocycles. The van der Waals surface area contributed by atoms with Gasteiger partial charge in [0.1, 0.15) is 17.2 Å². The van der Waals surface area contributed by atoms with Gasteiger partial charge in [0.25, 0.3) is 0 Å². The average Bonchev–Trinajstić information content (AvgIpc) is 3.78. The largest absolute Gasteiger partial charge is 0.444 e. The fourth-order valence-corrected chi connectivity index (χ4v) is 7.67. The summed E-state index contributed by atoms with van der Waals surface area (Å²) in [4.78, 5) is 67.6. The third-order valence-electron chi connectivity index (χ3n) is 10.9. The van der Waals surface area contributed by atoms with E-state index in [2.05, 4.69) is 41.9 Å². The van der Waals surface area contributed by atoms with Gasteiger partial charge in [0.2, 0.25) is 23.5 Å². The number of aromatic amines is 1. The maximum Gasteiger partial charge on any atom is 0.410 e. The van der Waals surface area contributed by atoms with Crippen LogP contribution >= 0.6 is 0 Å². The van der Waals surface area contributed by atoms with Crippen molar-refractivity contribution in [3.05, 3.63) is 78.4 Å². The van der Waals surface area contributed by atoms with E-state index in [0.29, 0.717) is 62.5 Å². The number of rotatable bonds is 12. The topological polar surface area (TPSA) is 210 Å². The molecule has 330 valence electrons. The minimum atomic E-state index is -0.884. The summed E-state index contributed by atoms with van der Waals surface area (Å²) in [5, 5.41) is 26.0. The number of para-hydroxylation sites is 1. The number of tetrazole rings is 1. The van der Waals surface area contributed by atoms with Crippen molar-refractivity contribution in [3.63, 3.8) is 0 Å². The summed E-state index contributed by atoms with van der Waals surface area (Å²) in [7, 11) is 0. The summed E-state index contributed by atoms with van der Waals surface area (Å²) in [6, 6.07) is 21.5. The number of H-pyrrole nitrogens is 1. The fourth-order valence-electron chi connectivity index (χ4n) is 7.67. The SMILES string of the molecule is CC(C)(C)OC(=O)NCC1CCC(C(=O)N[C@@H](Cc2ccc(-c3ccccc3NC(=O)C3CCN(C(=O)OC(C)(C)C)CC3)cc2)C(=O)Nc2ccc(-c3nn[nH]n3)cc2)CC1. The Morgan fingerprint density at radius 3 is 2.00 bits per heavy atom. The van der Waals surface area contributed by atoms with Crippen LogP contribution in [0, 0.1) is 17.8 Å². The van der Waals surface area contributed by atoms with Crippen LogP contribution in [-0.4, -0.2) is 92.3 Å². The second kappa shape index (κ2) is 20.0. The molecule has 5 N–H and O–H groups in total. The number of piperidine rings is 1. The lowest BCUT2D eigenvalue weighted by Gasteiger charge is -2.33. The standard InChI is InChI=1S/C46H59N9O7/c1-45(2,3)61-43(59)47-28-30-13-17-33(18-14-30)40(56)50-38(42(58)48-35-21-19-32(20-22-35)39-51-53-54-52-39)27-29-11-15-31(16-12-29)36-9-7-8-10-37(36)49-41(57)34-23-25-55(26-24-34)44(60)62-46(4,5)6/h7-12,15-16,19-22,30,33-34,38H,13-14,17-18,23-28H2,1-6H3,(H,47,59)(H,48,58)(H,49,57)(H,50,56)(H,51,52,53,54)/t30?,33?,38-/m0/s1. The first-order valence-corrected chi connectivity index (χ1v) is 21.4. The van der Waals surface area contributed by atoms with E-state index in [9.17, 15) is 24.0 Å². The van der Waals surface area contributed by atoms with E-state index < -0.39 is 23.3 Å². The lowest BCUT2D eigenvalue weighted by Crippen LogP contribution is -2.48. The quantitative estimate of drug-likeness (QED) is 0.0975. The Hall–Kier alpha value is -6.32. The van der Waals surface area contributed by atoms with Gasteiger partial charge in [0.15, 0.2) is 0 Å². The number of nitrogens with one attached hydrogen (secondary N) is 5. The van der Waals surface area contributed by atoms with Crippen molar-refractivity contribution in [2.24, 2.45) is 17.8 Å². The van der Waals surface area contributed by atoms with Gasteiger partial charge in [-0.05, 0) is 133 Å². The van der Waals surface area contributed by atoms with Crippen LogP contribution in [-0.2, 0) is 30.3 Å². The van der Waals surface area contributed by atoms with Gasteiger partial charge in [0.05, 0.1) is 0 Å². The molecule has 0 unspecified atom stereocenters. The van der Waals surface area contributed by atoms with E-state index in [1.165, 1.54) is 0 Å². The summed E-state index contributed by atoms with van der Waals surface area (Å²) in [5.41, 5.74) is 3.30. The Bertz CT molecular complexity index is 2150. The first-order valence-electron chi connectivity index (χ1n) is 21.4. The fraction of sp³-hybridized carbons (Fsp3) is 0.478. The first kappa shape index (κ1) is 45.2. The maximum atomic E-state index is 13.9. The van der Waals surface area contributed by atoms with Gasteiger partial charge in [-0.3, -0.25) is 14.4 Å². The van der Waals surface area contributed by atoms with E-state index >= 15 is 0 Å². The zero-order chi connectivity index (χ0) is 44.4. The number of benzene rings is 3. The number of nitrogens with zero attached hydrogens (tertiary/aromatic N) is 4. The highest BCUT2D eigenvalue weighted by Crippen LogP contribution is 2.31. The van der Waals surface area contributed by atoms with Gasteiger partial charge in [-0.25, -0.2) is 9.59 Å². The van der Waals surface area contributed by atoms with E-state index in [1.807, 2.05) is 90.1 Å². The highest BCUT2D eigenvalue weighted by Gasteiger charge is 2.32. The van der Waals surface area contributed by atoms with Gasteiger partial charge in [-0.15, -0.1) is 10.2 Å². The van der Waals surface area contributed by atoms with Crippen molar-refractivity contribution in [3.8, 4) is 22.5 Å². The van der Waals surface area contributed by atoms with Crippen LogP contribution in [0.1, 0.15) is 85.6 Å². The van der Waals surface area contributed by atoms with Crippen molar-refractivity contribution in [2.75, 3.05) is 30.3 Å². The number of hydrogen-bond acceptors (Lipinski definition) is 10. The summed E-state index contributed by atoms with van der Waals surface area (Å²) < 4.78 is 10.9. The molecule has 1 atom stereocenters. The Balaban J connectivity index is 1.09. The molecule has 3 aromatic carbocycles. The highest BCUT2D eigenvalue weighted by atomic mass is 16.6. The minimum Gasteiger partial charge on any atom is -0.444 e. The van der Waals surface area contributed by atoms with Gasteiger partial charge in [0, 0.05) is 60.4 Å². The summed E-state index contributed by atoms with van der Waals surface area (Å²) in [6.07, 6.45) is 3.27. The molecule has 1 saturated carbocycles. The molecule has 16 heteroatoms. The number of carbonyl (C=O) groups excluding carboxylic acids is 5. The number of aromatic nitrogens is 4. The lowest BCUT2D eigenvalue weighted by molar-refractivity contribution is -0.130. The Morgan fingerprint density at radius 1 is 0.742 bits per heavy atom. The molecule has 62 heavy (non-hydrogen) atoms. The Kier molecular flexibility index (Phi) is 14.6. The number of hydrogen-bond donors (Lipinski definition) is 5. The number of carbonyl (C=O) groups is 5. The second-order valence-electron chi connectivity index (χ2n) is 18.1. The molecule has 1 aliphatic heterocycles.